The van der Waals surface area contributed by atoms with Gasteiger partial charge in [0.1, 0.15) is 0 Å². The number of hydrogen-bond donors (Lipinski definition) is 2. The highest BCUT2D eigenvalue weighted by molar-refractivity contribution is 4.73. The van der Waals surface area contributed by atoms with E-state index in [0.717, 1.165) is 12.5 Å². The van der Waals surface area contributed by atoms with Crippen LogP contribution in [-0.2, 0) is 0 Å². The lowest BCUT2D eigenvalue weighted by Crippen LogP contribution is -2.41. The third-order valence-electron chi connectivity index (χ3n) is 2.89. The molecular weight excluding hydrogens is 162 g/mol. The maximum atomic E-state index is 5.78. The Labute approximate surface area is 81.5 Å². The van der Waals surface area contributed by atoms with Crippen molar-refractivity contribution in [1.82, 2.24) is 4.90 Å². The minimum Gasteiger partial charge on any atom is -0.329 e. The van der Waals surface area contributed by atoms with Crippen LogP contribution in [0.2, 0.25) is 0 Å². The van der Waals surface area contributed by atoms with E-state index >= 15 is 0 Å². The predicted molar refractivity (Wildman–Crippen MR) is 56.5 cm³/mol. The van der Waals surface area contributed by atoms with Gasteiger partial charge in [-0.05, 0) is 25.8 Å². The second kappa shape index (κ2) is 5.58. The number of nitrogens with zero attached hydrogens (tertiary/aromatic N) is 1. The van der Waals surface area contributed by atoms with Crippen LogP contribution in [0.15, 0.2) is 0 Å². The first kappa shape index (κ1) is 11.0. The monoisotopic (exact) mass is 185 g/mol. The van der Waals surface area contributed by atoms with Crippen molar-refractivity contribution in [2.45, 2.75) is 31.7 Å². The highest BCUT2D eigenvalue weighted by atomic mass is 15.1. The molecule has 0 spiro atoms. The molecule has 0 amide bonds. The summed E-state index contributed by atoms with van der Waals surface area (Å²) >= 11 is 0. The molecule has 1 fully saturated rings. The van der Waals surface area contributed by atoms with Gasteiger partial charge in [0.2, 0.25) is 0 Å². The maximum Gasteiger partial charge on any atom is 0.0292 e. The van der Waals surface area contributed by atoms with E-state index in [1.165, 1.54) is 32.2 Å². The molecule has 1 unspecified atom stereocenters. The van der Waals surface area contributed by atoms with Crippen molar-refractivity contribution in [2.24, 2.45) is 17.4 Å². The molecule has 13 heavy (non-hydrogen) atoms. The number of likely N-dealkylation sites (N-methyl/N-ethyl adjacent to an activating group) is 1. The normalized spacial score (nSPS) is 21.2. The van der Waals surface area contributed by atoms with Gasteiger partial charge >= 0.3 is 0 Å². The summed E-state index contributed by atoms with van der Waals surface area (Å²) < 4.78 is 0. The summed E-state index contributed by atoms with van der Waals surface area (Å²) in [5, 5.41) is 0. The van der Waals surface area contributed by atoms with E-state index in [4.69, 9.17) is 11.5 Å². The molecule has 0 aromatic carbocycles. The lowest BCUT2D eigenvalue weighted by atomic mass is 10.1. The standard InChI is InChI=1S/C10H23N3/c1-13(8-10(12)6-11)7-9-4-2-3-5-9/h9-10H,2-8,11-12H2,1H3. The summed E-state index contributed by atoms with van der Waals surface area (Å²) in [6.45, 7) is 2.73. The quantitative estimate of drug-likeness (QED) is 0.651. The lowest BCUT2D eigenvalue weighted by Gasteiger charge is -2.23. The Kier molecular flexibility index (Phi) is 4.70. The molecule has 1 saturated carbocycles. The molecule has 78 valence electrons. The average Bonchev–Trinajstić information content (AvgIpc) is 2.56. The molecule has 3 nitrogen and oxygen atoms in total. The van der Waals surface area contributed by atoms with E-state index < -0.39 is 0 Å². The van der Waals surface area contributed by atoms with Crippen molar-refractivity contribution in [3.8, 4) is 0 Å². The van der Waals surface area contributed by atoms with Gasteiger partial charge in [0.25, 0.3) is 0 Å². The number of hydrogen-bond acceptors (Lipinski definition) is 3. The van der Waals surface area contributed by atoms with E-state index in [1.54, 1.807) is 0 Å². The van der Waals surface area contributed by atoms with Gasteiger partial charge in [-0.25, -0.2) is 0 Å². The van der Waals surface area contributed by atoms with E-state index in [-0.39, 0.29) is 6.04 Å². The molecule has 3 heteroatoms. The van der Waals surface area contributed by atoms with Gasteiger partial charge in [-0.2, -0.15) is 0 Å². The summed E-state index contributed by atoms with van der Waals surface area (Å²) in [7, 11) is 2.15. The van der Waals surface area contributed by atoms with Gasteiger partial charge in [0.15, 0.2) is 0 Å². The fourth-order valence-corrected chi connectivity index (χ4v) is 2.18. The minimum atomic E-state index is 0.145. The van der Waals surface area contributed by atoms with Gasteiger partial charge in [-0.1, -0.05) is 12.8 Å². The number of nitrogens with two attached hydrogens (primary N) is 2. The van der Waals surface area contributed by atoms with E-state index in [1.807, 2.05) is 0 Å². The largest absolute Gasteiger partial charge is 0.329 e. The summed E-state index contributed by atoms with van der Waals surface area (Å²) in [6.07, 6.45) is 5.65. The molecule has 0 bridgehead atoms. The fourth-order valence-electron chi connectivity index (χ4n) is 2.18. The first-order chi connectivity index (χ1) is 6.22. The van der Waals surface area contributed by atoms with E-state index in [2.05, 4.69) is 11.9 Å². The Balaban J connectivity index is 2.12. The Morgan fingerprint density at radius 3 is 2.54 bits per heavy atom. The molecule has 0 saturated heterocycles. The van der Waals surface area contributed by atoms with Crippen LogP contribution in [0.25, 0.3) is 0 Å². The van der Waals surface area contributed by atoms with Crippen LogP contribution in [0.3, 0.4) is 0 Å². The highest BCUT2D eigenvalue weighted by Gasteiger charge is 2.17. The topological polar surface area (TPSA) is 55.3 Å². The van der Waals surface area contributed by atoms with Gasteiger partial charge in [0, 0.05) is 25.7 Å². The van der Waals surface area contributed by atoms with Crippen molar-refractivity contribution in [1.29, 1.82) is 0 Å². The molecule has 0 radical (unpaired) electrons. The number of rotatable bonds is 5. The first-order valence-electron chi connectivity index (χ1n) is 5.36. The van der Waals surface area contributed by atoms with Crippen molar-refractivity contribution in [3.63, 3.8) is 0 Å². The molecule has 4 N–H and O–H groups in total. The van der Waals surface area contributed by atoms with Crippen LogP contribution < -0.4 is 11.5 Å². The first-order valence-corrected chi connectivity index (χ1v) is 5.36. The minimum absolute atomic E-state index is 0.145. The zero-order valence-corrected chi connectivity index (χ0v) is 8.71. The molecular formula is C10H23N3. The van der Waals surface area contributed by atoms with Crippen LogP contribution >= 0.6 is 0 Å². The van der Waals surface area contributed by atoms with Gasteiger partial charge in [0.05, 0.1) is 0 Å². The second-order valence-electron chi connectivity index (χ2n) is 4.37. The second-order valence-corrected chi connectivity index (χ2v) is 4.37. The Morgan fingerprint density at radius 2 is 2.00 bits per heavy atom. The van der Waals surface area contributed by atoms with Crippen LogP contribution in [-0.4, -0.2) is 37.6 Å². The zero-order chi connectivity index (χ0) is 9.68. The average molecular weight is 185 g/mol. The van der Waals surface area contributed by atoms with Crippen LogP contribution in [0.1, 0.15) is 25.7 Å². The Bertz CT molecular complexity index is 132. The van der Waals surface area contributed by atoms with Gasteiger partial charge in [-0.15, -0.1) is 0 Å². The van der Waals surface area contributed by atoms with Crippen LogP contribution in [0, 0.1) is 5.92 Å². The summed E-state index contributed by atoms with van der Waals surface area (Å²) in [6, 6.07) is 0.145. The van der Waals surface area contributed by atoms with Crippen LogP contribution in [0.5, 0.6) is 0 Å². The molecule has 0 aromatic rings. The van der Waals surface area contributed by atoms with Crippen molar-refractivity contribution in [3.05, 3.63) is 0 Å². The van der Waals surface area contributed by atoms with E-state index in [0.29, 0.717) is 6.54 Å². The third-order valence-corrected chi connectivity index (χ3v) is 2.89. The summed E-state index contributed by atoms with van der Waals surface area (Å²) in [5.74, 6) is 0.912. The predicted octanol–water partition coefficient (Wildman–Crippen LogP) is 0.394. The van der Waals surface area contributed by atoms with Crippen molar-refractivity contribution >= 4 is 0 Å². The third kappa shape index (κ3) is 4.07. The molecule has 1 atom stereocenters. The van der Waals surface area contributed by atoms with E-state index in [9.17, 15) is 0 Å². The Hall–Kier alpha value is -0.120. The van der Waals surface area contributed by atoms with Crippen LogP contribution in [0.4, 0.5) is 0 Å². The van der Waals surface area contributed by atoms with Crippen molar-refractivity contribution < 1.29 is 0 Å². The molecule has 1 rings (SSSR count). The SMILES string of the molecule is CN(CC(N)CN)CC1CCCC1. The molecule has 1 aliphatic rings. The smallest absolute Gasteiger partial charge is 0.0292 e. The van der Waals surface area contributed by atoms with Crippen molar-refractivity contribution in [2.75, 3.05) is 26.7 Å². The lowest BCUT2D eigenvalue weighted by molar-refractivity contribution is 0.264. The van der Waals surface area contributed by atoms with Gasteiger partial charge in [-0.3, -0.25) is 0 Å². The van der Waals surface area contributed by atoms with Gasteiger partial charge < -0.3 is 16.4 Å². The summed E-state index contributed by atoms with van der Waals surface area (Å²) in [5.41, 5.74) is 11.3. The molecule has 0 heterocycles. The molecule has 0 aliphatic heterocycles. The molecule has 0 aromatic heterocycles. The maximum absolute atomic E-state index is 5.78. The summed E-state index contributed by atoms with van der Waals surface area (Å²) in [4.78, 5) is 2.33. The highest BCUT2D eigenvalue weighted by Crippen LogP contribution is 2.24. The Morgan fingerprint density at radius 1 is 1.38 bits per heavy atom. The fraction of sp³-hybridized carbons (Fsp3) is 1.00. The zero-order valence-electron chi connectivity index (χ0n) is 8.71. The molecule has 1 aliphatic carbocycles.